The van der Waals surface area contributed by atoms with Crippen LogP contribution in [0, 0.1) is 5.92 Å². The molecule has 17 heavy (non-hydrogen) atoms. The van der Waals surface area contributed by atoms with Crippen molar-refractivity contribution in [2.45, 2.75) is 26.7 Å². The van der Waals surface area contributed by atoms with Crippen LogP contribution in [0.25, 0.3) is 0 Å². The Balaban J connectivity index is 2.88. The molecule has 0 atom stereocenters. The molecule has 0 aliphatic carbocycles. The summed E-state index contributed by atoms with van der Waals surface area (Å²) in [6, 6.07) is 8.07. The van der Waals surface area contributed by atoms with Crippen molar-refractivity contribution in [3.8, 4) is 0 Å². The van der Waals surface area contributed by atoms with Crippen LogP contribution < -0.4 is 10.6 Å². The Hall–Kier alpha value is -1.09. The Kier molecular flexibility index (Phi) is 5.42. The molecule has 0 saturated heterocycles. The number of thiocarbonyl (C=S) groups is 1. The summed E-state index contributed by atoms with van der Waals surface area (Å²) in [5, 5.41) is 0. The van der Waals surface area contributed by atoms with Crippen LogP contribution in [0.15, 0.2) is 24.3 Å². The first-order chi connectivity index (χ1) is 8.10. The number of nitrogens with two attached hydrogens (primary N) is 1. The normalized spacial score (nSPS) is 10.6. The molecule has 0 aliphatic rings. The molecule has 0 aromatic heterocycles. The minimum Gasteiger partial charge on any atom is -0.389 e. The molecular formula is C14H22N2S. The van der Waals surface area contributed by atoms with Gasteiger partial charge in [0.05, 0.1) is 0 Å². The molecule has 0 bridgehead atoms. The Morgan fingerprint density at radius 1 is 1.29 bits per heavy atom. The highest BCUT2D eigenvalue weighted by Crippen LogP contribution is 2.21. The largest absolute Gasteiger partial charge is 0.389 e. The molecule has 0 unspecified atom stereocenters. The van der Waals surface area contributed by atoms with Gasteiger partial charge in [0, 0.05) is 24.8 Å². The van der Waals surface area contributed by atoms with Crippen LogP contribution in [0.1, 0.15) is 32.3 Å². The predicted molar refractivity (Wildman–Crippen MR) is 79.7 cm³/mol. The van der Waals surface area contributed by atoms with Gasteiger partial charge in [-0.1, -0.05) is 51.0 Å². The van der Waals surface area contributed by atoms with Gasteiger partial charge in [0.1, 0.15) is 4.99 Å². The smallest absolute Gasteiger partial charge is 0.106 e. The van der Waals surface area contributed by atoms with Gasteiger partial charge in [0.15, 0.2) is 0 Å². The van der Waals surface area contributed by atoms with E-state index in [0.717, 1.165) is 23.7 Å². The SMILES string of the molecule is CCC(CC)CN(C)c1ccccc1C(N)=S. The maximum atomic E-state index is 5.75. The average molecular weight is 250 g/mol. The van der Waals surface area contributed by atoms with Gasteiger partial charge in [-0.05, 0) is 18.1 Å². The second-order valence-electron chi connectivity index (χ2n) is 4.44. The molecule has 0 radical (unpaired) electrons. The second kappa shape index (κ2) is 6.60. The molecule has 0 amide bonds. The van der Waals surface area contributed by atoms with E-state index in [-0.39, 0.29) is 0 Å². The highest BCUT2D eigenvalue weighted by molar-refractivity contribution is 7.80. The van der Waals surface area contributed by atoms with E-state index in [2.05, 4.69) is 31.9 Å². The van der Waals surface area contributed by atoms with Crippen LogP contribution in [0.4, 0.5) is 5.69 Å². The van der Waals surface area contributed by atoms with Gasteiger partial charge in [-0.15, -0.1) is 0 Å². The minimum atomic E-state index is 0.469. The van der Waals surface area contributed by atoms with Crippen LogP contribution >= 0.6 is 12.2 Å². The van der Waals surface area contributed by atoms with E-state index < -0.39 is 0 Å². The number of benzene rings is 1. The molecule has 0 heterocycles. The lowest BCUT2D eigenvalue weighted by atomic mass is 10.0. The molecule has 3 heteroatoms. The molecule has 0 aliphatic heterocycles. The van der Waals surface area contributed by atoms with E-state index in [0.29, 0.717) is 4.99 Å². The lowest BCUT2D eigenvalue weighted by molar-refractivity contribution is 0.494. The van der Waals surface area contributed by atoms with E-state index in [9.17, 15) is 0 Å². The van der Waals surface area contributed by atoms with E-state index in [1.165, 1.54) is 12.8 Å². The number of hydrogen-bond donors (Lipinski definition) is 1. The van der Waals surface area contributed by atoms with E-state index in [4.69, 9.17) is 18.0 Å². The topological polar surface area (TPSA) is 29.3 Å². The fraction of sp³-hybridized carbons (Fsp3) is 0.500. The first-order valence-electron chi connectivity index (χ1n) is 6.20. The van der Waals surface area contributed by atoms with Crippen LogP contribution in [0.5, 0.6) is 0 Å². The Bertz CT molecular complexity index is 372. The Morgan fingerprint density at radius 2 is 1.88 bits per heavy atom. The van der Waals surface area contributed by atoms with Crippen molar-refractivity contribution in [1.29, 1.82) is 0 Å². The fourth-order valence-corrected chi connectivity index (χ4v) is 2.22. The zero-order valence-electron chi connectivity index (χ0n) is 10.9. The molecule has 0 saturated carbocycles. The minimum absolute atomic E-state index is 0.469. The number of hydrogen-bond acceptors (Lipinski definition) is 2. The fourth-order valence-electron chi connectivity index (χ4n) is 2.05. The van der Waals surface area contributed by atoms with Crippen molar-refractivity contribution in [1.82, 2.24) is 0 Å². The van der Waals surface area contributed by atoms with Crippen LogP contribution in [-0.4, -0.2) is 18.6 Å². The van der Waals surface area contributed by atoms with Gasteiger partial charge in [0.25, 0.3) is 0 Å². The second-order valence-corrected chi connectivity index (χ2v) is 4.88. The number of rotatable bonds is 6. The van der Waals surface area contributed by atoms with Crippen molar-refractivity contribution in [2.75, 3.05) is 18.5 Å². The van der Waals surface area contributed by atoms with E-state index >= 15 is 0 Å². The van der Waals surface area contributed by atoms with Gasteiger partial charge >= 0.3 is 0 Å². The van der Waals surface area contributed by atoms with Crippen LogP contribution in [-0.2, 0) is 0 Å². The van der Waals surface area contributed by atoms with Gasteiger partial charge < -0.3 is 10.6 Å². The molecule has 1 rings (SSSR count). The molecule has 2 N–H and O–H groups in total. The van der Waals surface area contributed by atoms with Gasteiger partial charge in [-0.3, -0.25) is 0 Å². The summed E-state index contributed by atoms with van der Waals surface area (Å²) in [7, 11) is 2.11. The molecule has 1 aromatic rings. The maximum absolute atomic E-state index is 5.75. The zero-order valence-corrected chi connectivity index (χ0v) is 11.8. The lowest BCUT2D eigenvalue weighted by Gasteiger charge is -2.26. The first-order valence-corrected chi connectivity index (χ1v) is 6.60. The molecule has 94 valence electrons. The van der Waals surface area contributed by atoms with Crippen molar-refractivity contribution in [3.05, 3.63) is 29.8 Å². The third-order valence-electron chi connectivity index (χ3n) is 3.27. The summed E-state index contributed by atoms with van der Waals surface area (Å²) in [5.41, 5.74) is 7.85. The van der Waals surface area contributed by atoms with E-state index in [1.807, 2.05) is 18.2 Å². The van der Waals surface area contributed by atoms with E-state index in [1.54, 1.807) is 0 Å². The molecule has 2 nitrogen and oxygen atoms in total. The quantitative estimate of drug-likeness (QED) is 0.786. The summed E-state index contributed by atoms with van der Waals surface area (Å²) < 4.78 is 0. The van der Waals surface area contributed by atoms with Crippen LogP contribution in [0.3, 0.4) is 0 Å². The third-order valence-corrected chi connectivity index (χ3v) is 3.49. The molecule has 0 spiro atoms. The summed E-state index contributed by atoms with van der Waals surface area (Å²) in [5.74, 6) is 0.722. The lowest BCUT2D eigenvalue weighted by Crippen LogP contribution is -2.27. The summed E-state index contributed by atoms with van der Waals surface area (Å²) in [6.45, 7) is 5.52. The third kappa shape index (κ3) is 3.70. The highest BCUT2D eigenvalue weighted by atomic mass is 32.1. The van der Waals surface area contributed by atoms with Gasteiger partial charge in [-0.2, -0.15) is 0 Å². The highest BCUT2D eigenvalue weighted by Gasteiger charge is 2.12. The maximum Gasteiger partial charge on any atom is 0.106 e. The van der Waals surface area contributed by atoms with Crippen LogP contribution in [0.2, 0.25) is 0 Å². The monoisotopic (exact) mass is 250 g/mol. The number of nitrogens with zero attached hydrogens (tertiary/aromatic N) is 1. The molecule has 0 fully saturated rings. The number of para-hydroxylation sites is 1. The Labute approximate surface area is 110 Å². The predicted octanol–water partition coefficient (Wildman–Crippen LogP) is 3.19. The van der Waals surface area contributed by atoms with Crippen molar-refractivity contribution in [2.24, 2.45) is 11.7 Å². The first kappa shape index (κ1) is 14.0. The van der Waals surface area contributed by atoms with Crippen molar-refractivity contribution < 1.29 is 0 Å². The Morgan fingerprint density at radius 3 is 2.41 bits per heavy atom. The standard InChI is InChI=1S/C14H22N2S/c1-4-11(5-2)10-16(3)13-9-7-6-8-12(13)14(15)17/h6-9,11H,4-5,10H2,1-3H3,(H2,15,17). The van der Waals surface area contributed by atoms with Crippen molar-refractivity contribution in [3.63, 3.8) is 0 Å². The van der Waals surface area contributed by atoms with Crippen molar-refractivity contribution >= 4 is 22.9 Å². The van der Waals surface area contributed by atoms with Gasteiger partial charge in [0.2, 0.25) is 0 Å². The summed E-state index contributed by atoms with van der Waals surface area (Å²) >= 11 is 5.09. The zero-order chi connectivity index (χ0) is 12.8. The number of anilines is 1. The summed E-state index contributed by atoms with van der Waals surface area (Å²) in [6.07, 6.45) is 2.41. The average Bonchev–Trinajstić information content (AvgIpc) is 2.35. The molecular weight excluding hydrogens is 228 g/mol. The summed E-state index contributed by atoms with van der Waals surface area (Å²) in [4.78, 5) is 2.73. The van der Waals surface area contributed by atoms with Gasteiger partial charge in [-0.25, -0.2) is 0 Å². The molecule has 1 aromatic carbocycles.